The smallest absolute Gasteiger partial charge is 0.486 e. The molecule has 1 fully saturated rings. The standard InChI is InChI=1S/C23H32BFN4O4/c1-14-9-8-10-19(29(27)21(30)28(7)26)16(14)13-31-20-11-15(2)17(12-18(20)25)24-32-22(3,4)23(5,6)33-24/h8-12H,13,26-27H2,1-7H3. The third kappa shape index (κ3) is 4.84. The molecule has 0 aromatic heterocycles. The molecule has 1 saturated heterocycles. The average molecular weight is 458 g/mol. The second-order valence-corrected chi connectivity index (χ2v) is 9.35. The first-order valence-electron chi connectivity index (χ1n) is 10.7. The highest BCUT2D eigenvalue weighted by Crippen LogP contribution is 2.37. The molecule has 2 aromatic carbocycles. The van der Waals surface area contributed by atoms with Crippen molar-refractivity contribution in [1.82, 2.24) is 5.01 Å². The summed E-state index contributed by atoms with van der Waals surface area (Å²) in [6.07, 6.45) is 0. The van der Waals surface area contributed by atoms with Crippen molar-refractivity contribution in [3.05, 3.63) is 52.8 Å². The van der Waals surface area contributed by atoms with Gasteiger partial charge in [-0.2, -0.15) is 0 Å². The molecule has 1 heterocycles. The molecule has 0 aliphatic carbocycles. The van der Waals surface area contributed by atoms with Gasteiger partial charge in [-0.15, -0.1) is 0 Å². The monoisotopic (exact) mass is 458 g/mol. The number of hydrazine groups is 2. The van der Waals surface area contributed by atoms with Crippen molar-refractivity contribution in [3.8, 4) is 5.75 Å². The van der Waals surface area contributed by atoms with Crippen molar-refractivity contribution in [2.45, 2.75) is 59.4 Å². The number of hydrogen-bond donors (Lipinski definition) is 2. The summed E-state index contributed by atoms with van der Waals surface area (Å²) in [6, 6.07) is 7.70. The fourth-order valence-corrected chi connectivity index (χ4v) is 3.53. The van der Waals surface area contributed by atoms with Crippen LogP contribution in [0, 0.1) is 19.7 Å². The number of hydrogen-bond acceptors (Lipinski definition) is 6. The predicted molar refractivity (Wildman–Crippen MR) is 126 cm³/mol. The summed E-state index contributed by atoms with van der Waals surface area (Å²) in [7, 11) is 0.722. The highest BCUT2D eigenvalue weighted by molar-refractivity contribution is 6.62. The third-order valence-electron chi connectivity index (χ3n) is 6.35. The number of halogens is 1. The number of nitrogens with zero attached hydrogens (tertiary/aromatic N) is 2. The molecule has 1 aliphatic rings. The van der Waals surface area contributed by atoms with Crippen LogP contribution in [0.25, 0.3) is 0 Å². The number of amides is 2. The summed E-state index contributed by atoms with van der Waals surface area (Å²) in [5, 5.41) is 1.82. The topological polar surface area (TPSA) is 103 Å². The molecule has 0 bridgehead atoms. The van der Waals surface area contributed by atoms with Crippen LogP contribution in [0.1, 0.15) is 44.4 Å². The van der Waals surface area contributed by atoms with Crippen LogP contribution in [-0.4, -0.2) is 36.4 Å². The largest absolute Gasteiger partial charge is 0.495 e. The van der Waals surface area contributed by atoms with E-state index in [-0.39, 0.29) is 12.4 Å². The lowest BCUT2D eigenvalue weighted by Gasteiger charge is -2.32. The molecule has 10 heteroatoms. The van der Waals surface area contributed by atoms with Crippen LogP contribution in [0.2, 0.25) is 0 Å². The van der Waals surface area contributed by atoms with E-state index in [0.29, 0.717) is 16.7 Å². The highest BCUT2D eigenvalue weighted by atomic mass is 19.1. The second-order valence-electron chi connectivity index (χ2n) is 9.35. The van der Waals surface area contributed by atoms with Gasteiger partial charge in [0.1, 0.15) is 6.61 Å². The average Bonchev–Trinajstić information content (AvgIpc) is 2.94. The number of carbonyl (C=O) groups is 1. The number of carbonyl (C=O) groups excluding carboxylic acids is 1. The first-order chi connectivity index (χ1) is 15.2. The first-order valence-corrected chi connectivity index (χ1v) is 10.7. The molecule has 178 valence electrons. The number of urea groups is 1. The van der Waals surface area contributed by atoms with Crippen molar-refractivity contribution >= 4 is 24.3 Å². The Morgan fingerprint density at radius 1 is 1.09 bits per heavy atom. The van der Waals surface area contributed by atoms with Gasteiger partial charge in [-0.1, -0.05) is 12.1 Å². The van der Waals surface area contributed by atoms with Gasteiger partial charge in [0.05, 0.1) is 16.9 Å². The van der Waals surface area contributed by atoms with Crippen LogP contribution >= 0.6 is 0 Å². The van der Waals surface area contributed by atoms with Crippen LogP contribution in [0.3, 0.4) is 0 Å². The summed E-state index contributed by atoms with van der Waals surface area (Å²) in [6.45, 7) is 11.5. The molecule has 0 radical (unpaired) electrons. The van der Waals surface area contributed by atoms with E-state index in [2.05, 4.69) is 0 Å². The van der Waals surface area contributed by atoms with Crippen LogP contribution in [0.4, 0.5) is 14.9 Å². The van der Waals surface area contributed by atoms with Crippen LogP contribution in [0.5, 0.6) is 5.75 Å². The minimum atomic E-state index is -0.674. The summed E-state index contributed by atoms with van der Waals surface area (Å²) in [4.78, 5) is 12.2. The van der Waals surface area contributed by atoms with Crippen molar-refractivity contribution in [1.29, 1.82) is 0 Å². The normalized spacial score (nSPS) is 16.6. The van der Waals surface area contributed by atoms with Gasteiger partial charge in [0, 0.05) is 12.6 Å². The lowest BCUT2D eigenvalue weighted by atomic mass is 9.76. The van der Waals surface area contributed by atoms with Crippen molar-refractivity contribution in [3.63, 3.8) is 0 Å². The van der Waals surface area contributed by atoms with Gasteiger partial charge in [-0.3, -0.25) is 5.01 Å². The molecule has 2 aromatic rings. The molecule has 0 unspecified atom stereocenters. The molecule has 0 spiro atoms. The van der Waals surface area contributed by atoms with E-state index in [1.165, 1.54) is 13.1 Å². The zero-order valence-electron chi connectivity index (χ0n) is 20.2. The maximum atomic E-state index is 15.0. The Bertz CT molecular complexity index is 1040. The molecule has 0 saturated carbocycles. The van der Waals surface area contributed by atoms with Gasteiger partial charge in [0.15, 0.2) is 11.6 Å². The first kappa shape index (κ1) is 25.0. The van der Waals surface area contributed by atoms with Gasteiger partial charge in [-0.05, 0) is 76.3 Å². The molecule has 8 nitrogen and oxygen atoms in total. The minimum absolute atomic E-state index is 0.00344. The van der Waals surface area contributed by atoms with Gasteiger partial charge in [-0.25, -0.2) is 25.9 Å². The lowest BCUT2D eigenvalue weighted by Crippen LogP contribution is -2.49. The second kappa shape index (κ2) is 8.94. The number of ether oxygens (including phenoxy) is 1. The van der Waals surface area contributed by atoms with Gasteiger partial charge >= 0.3 is 13.1 Å². The van der Waals surface area contributed by atoms with E-state index in [0.717, 1.165) is 21.1 Å². The molecular formula is C23H32BFN4O4. The zero-order valence-corrected chi connectivity index (χ0v) is 20.2. The maximum Gasteiger partial charge on any atom is 0.495 e. The zero-order chi connectivity index (χ0) is 24.7. The van der Waals surface area contributed by atoms with Gasteiger partial charge in [0.2, 0.25) is 0 Å². The number of nitrogens with two attached hydrogens (primary N) is 2. The lowest BCUT2D eigenvalue weighted by molar-refractivity contribution is 0.00578. The molecular weight excluding hydrogens is 426 g/mol. The molecule has 0 atom stereocenters. The number of benzene rings is 2. The Hall–Kier alpha value is -2.66. The Morgan fingerprint density at radius 3 is 2.27 bits per heavy atom. The van der Waals surface area contributed by atoms with Crippen molar-refractivity contribution in [2.75, 3.05) is 12.1 Å². The van der Waals surface area contributed by atoms with Crippen LogP contribution < -0.4 is 26.9 Å². The van der Waals surface area contributed by atoms with Crippen molar-refractivity contribution < 1.29 is 23.2 Å². The van der Waals surface area contributed by atoms with Crippen LogP contribution in [0.15, 0.2) is 30.3 Å². The number of aryl methyl sites for hydroxylation is 2. The van der Waals surface area contributed by atoms with Gasteiger partial charge in [0.25, 0.3) is 0 Å². The van der Waals surface area contributed by atoms with E-state index in [1.807, 2.05) is 47.6 Å². The van der Waals surface area contributed by atoms with E-state index < -0.39 is 30.2 Å². The molecule has 3 rings (SSSR count). The third-order valence-corrected chi connectivity index (χ3v) is 6.35. The quantitative estimate of drug-likeness (QED) is 0.309. The number of rotatable bonds is 5. The minimum Gasteiger partial charge on any atom is -0.486 e. The van der Waals surface area contributed by atoms with E-state index >= 15 is 4.39 Å². The molecule has 4 N–H and O–H groups in total. The van der Waals surface area contributed by atoms with E-state index in [9.17, 15) is 4.79 Å². The Kier molecular flexibility index (Phi) is 6.77. The van der Waals surface area contributed by atoms with Crippen LogP contribution in [-0.2, 0) is 15.9 Å². The predicted octanol–water partition coefficient (Wildman–Crippen LogP) is 2.93. The fourth-order valence-electron chi connectivity index (χ4n) is 3.53. The maximum absolute atomic E-state index is 15.0. The summed E-state index contributed by atoms with van der Waals surface area (Å²) in [5.74, 6) is 11.0. The number of anilines is 1. The van der Waals surface area contributed by atoms with E-state index in [4.69, 9.17) is 25.7 Å². The molecule has 2 amide bonds. The summed E-state index contributed by atoms with van der Waals surface area (Å²) < 4.78 is 33.0. The highest BCUT2D eigenvalue weighted by Gasteiger charge is 2.52. The fraction of sp³-hybridized carbons (Fsp3) is 0.435. The molecule has 1 aliphatic heterocycles. The van der Waals surface area contributed by atoms with Gasteiger partial charge < -0.3 is 14.0 Å². The Balaban J connectivity index is 1.84. The van der Waals surface area contributed by atoms with Crippen molar-refractivity contribution in [2.24, 2.45) is 11.7 Å². The Morgan fingerprint density at radius 2 is 1.70 bits per heavy atom. The SMILES string of the molecule is Cc1cc(OCc2c(C)cccc2N(N)C(=O)N(C)N)c(F)cc1B1OC(C)(C)C(C)(C)O1. The molecule has 33 heavy (non-hydrogen) atoms. The van der Waals surface area contributed by atoms with E-state index in [1.54, 1.807) is 18.2 Å². The Labute approximate surface area is 194 Å². The summed E-state index contributed by atoms with van der Waals surface area (Å²) >= 11 is 0. The summed E-state index contributed by atoms with van der Waals surface area (Å²) in [5.41, 5.74) is 2.22.